The quantitative estimate of drug-likeness (QED) is 0.527. The second kappa shape index (κ2) is 10.6. The van der Waals surface area contributed by atoms with Gasteiger partial charge in [-0.05, 0) is 49.1 Å². The first-order valence-corrected chi connectivity index (χ1v) is 10.5. The normalized spacial score (nSPS) is 22.8. The number of hydrogen-bond donors (Lipinski definition) is 2. The van der Waals surface area contributed by atoms with Gasteiger partial charge in [-0.25, -0.2) is 4.79 Å². The highest BCUT2D eigenvalue weighted by molar-refractivity contribution is 5.96. The van der Waals surface area contributed by atoms with Crippen LogP contribution in [-0.4, -0.2) is 44.8 Å². The number of anilines is 1. The summed E-state index contributed by atoms with van der Waals surface area (Å²) < 4.78 is 10.1. The van der Waals surface area contributed by atoms with Crippen LogP contribution in [0, 0.1) is 11.8 Å². The van der Waals surface area contributed by atoms with Crippen LogP contribution >= 0.6 is 0 Å². The Morgan fingerprint density at radius 1 is 1.07 bits per heavy atom. The van der Waals surface area contributed by atoms with Crippen molar-refractivity contribution < 1.29 is 19.1 Å². The Kier molecular flexibility index (Phi) is 7.86. The molecule has 6 heteroatoms. The smallest absolute Gasteiger partial charge is 0.338 e. The first-order valence-electron chi connectivity index (χ1n) is 10.5. The van der Waals surface area contributed by atoms with Gasteiger partial charge in [0.1, 0.15) is 0 Å². The molecule has 1 aliphatic carbocycles. The Labute approximate surface area is 167 Å². The molecule has 1 aliphatic heterocycles. The van der Waals surface area contributed by atoms with Crippen LogP contribution in [0.25, 0.3) is 0 Å². The molecule has 3 rings (SSSR count). The molecule has 0 spiro atoms. The van der Waals surface area contributed by atoms with Crippen molar-refractivity contribution in [3.05, 3.63) is 29.8 Å². The first kappa shape index (κ1) is 20.8. The molecule has 1 heterocycles. The number of carbonyl (C=O) groups excluding carboxylic acids is 2. The minimum Gasteiger partial charge on any atom is -0.462 e. The van der Waals surface area contributed by atoms with Gasteiger partial charge in [0.05, 0.1) is 18.2 Å². The summed E-state index contributed by atoms with van der Waals surface area (Å²) in [6, 6.07) is 6.78. The second-order valence-electron chi connectivity index (χ2n) is 7.83. The van der Waals surface area contributed by atoms with Crippen molar-refractivity contribution in [3.63, 3.8) is 0 Å². The third kappa shape index (κ3) is 5.55. The molecule has 2 fully saturated rings. The fourth-order valence-corrected chi connectivity index (χ4v) is 4.44. The zero-order chi connectivity index (χ0) is 19.8. The van der Waals surface area contributed by atoms with Gasteiger partial charge in [0.15, 0.2) is 0 Å². The Balaban J connectivity index is 1.51. The maximum absolute atomic E-state index is 12.8. The van der Waals surface area contributed by atoms with Crippen molar-refractivity contribution in [2.45, 2.75) is 51.0 Å². The zero-order valence-corrected chi connectivity index (χ0v) is 16.7. The highest BCUT2D eigenvalue weighted by Gasteiger charge is 2.38. The molecular formula is C22H32N2O4. The van der Waals surface area contributed by atoms with Crippen LogP contribution in [0.5, 0.6) is 0 Å². The maximum atomic E-state index is 12.8. The number of esters is 1. The molecule has 1 aromatic carbocycles. The highest BCUT2D eigenvalue weighted by atomic mass is 16.5. The van der Waals surface area contributed by atoms with Crippen LogP contribution in [0.15, 0.2) is 24.3 Å². The van der Waals surface area contributed by atoms with E-state index in [-0.39, 0.29) is 17.9 Å². The highest BCUT2D eigenvalue weighted by Crippen LogP contribution is 2.36. The van der Waals surface area contributed by atoms with Gasteiger partial charge in [-0.3, -0.25) is 4.79 Å². The van der Waals surface area contributed by atoms with Gasteiger partial charge in [-0.15, -0.1) is 0 Å². The Bertz CT molecular complexity index is 640. The number of amides is 1. The van der Waals surface area contributed by atoms with E-state index in [4.69, 9.17) is 9.47 Å². The maximum Gasteiger partial charge on any atom is 0.338 e. The summed E-state index contributed by atoms with van der Waals surface area (Å²) in [5.41, 5.74) is 1.19. The lowest BCUT2D eigenvalue weighted by molar-refractivity contribution is -0.119. The van der Waals surface area contributed by atoms with Crippen LogP contribution in [0.4, 0.5) is 5.69 Å². The van der Waals surface area contributed by atoms with Gasteiger partial charge in [-0.2, -0.15) is 0 Å². The van der Waals surface area contributed by atoms with Gasteiger partial charge in [0.2, 0.25) is 5.91 Å². The minimum absolute atomic E-state index is 0.0305. The molecule has 0 radical (unpaired) electrons. The molecule has 0 bridgehead atoms. The van der Waals surface area contributed by atoms with Crippen LogP contribution < -0.4 is 10.6 Å². The Morgan fingerprint density at radius 2 is 1.82 bits per heavy atom. The van der Waals surface area contributed by atoms with Crippen molar-refractivity contribution >= 4 is 17.6 Å². The summed E-state index contributed by atoms with van der Waals surface area (Å²) in [5, 5.41) is 6.40. The lowest BCUT2D eigenvalue weighted by Crippen LogP contribution is -2.42. The van der Waals surface area contributed by atoms with Crippen LogP contribution in [0.1, 0.15) is 55.3 Å². The predicted molar refractivity (Wildman–Crippen MR) is 108 cm³/mol. The van der Waals surface area contributed by atoms with E-state index in [0.29, 0.717) is 42.7 Å². The molecule has 28 heavy (non-hydrogen) atoms. The largest absolute Gasteiger partial charge is 0.462 e. The number of hydrogen-bond acceptors (Lipinski definition) is 5. The average Bonchev–Trinajstić information content (AvgIpc) is 3.22. The topological polar surface area (TPSA) is 76.7 Å². The SMILES string of the molecule is COCCCOC(=O)c1ccc(NC(=O)[C@H]2NCC[C@H]2C2CCCCC2)cc1. The van der Waals surface area contributed by atoms with E-state index in [1.165, 1.54) is 32.1 Å². The molecule has 2 atom stereocenters. The predicted octanol–water partition coefficient (Wildman–Crippen LogP) is 3.38. The standard InChI is InChI=1S/C22H32N2O4/c1-27-14-5-15-28-22(26)17-8-10-18(11-9-17)24-21(25)20-19(12-13-23-20)16-6-3-2-4-7-16/h8-11,16,19-20,23H,2-7,12-15H2,1H3,(H,24,25)/t19-,20-/m0/s1. The number of nitrogens with one attached hydrogen (secondary N) is 2. The fourth-order valence-electron chi connectivity index (χ4n) is 4.44. The van der Waals surface area contributed by atoms with Crippen LogP contribution in [0.2, 0.25) is 0 Å². The van der Waals surface area contributed by atoms with E-state index < -0.39 is 0 Å². The third-order valence-corrected chi connectivity index (χ3v) is 5.92. The number of carbonyl (C=O) groups is 2. The molecule has 2 N–H and O–H groups in total. The molecule has 1 amide bonds. The average molecular weight is 389 g/mol. The van der Waals surface area contributed by atoms with Crippen molar-refractivity contribution in [3.8, 4) is 0 Å². The molecule has 1 aromatic rings. The lowest BCUT2D eigenvalue weighted by atomic mass is 9.76. The number of methoxy groups -OCH3 is 1. The Morgan fingerprint density at radius 3 is 2.54 bits per heavy atom. The molecule has 0 unspecified atom stereocenters. The number of ether oxygens (including phenoxy) is 2. The van der Waals surface area contributed by atoms with Gasteiger partial charge in [-0.1, -0.05) is 32.1 Å². The van der Waals surface area contributed by atoms with E-state index in [1.54, 1.807) is 31.4 Å². The molecule has 154 valence electrons. The molecule has 0 aromatic heterocycles. The van der Waals surface area contributed by atoms with Gasteiger partial charge < -0.3 is 20.1 Å². The molecule has 6 nitrogen and oxygen atoms in total. The number of benzene rings is 1. The monoisotopic (exact) mass is 388 g/mol. The molecular weight excluding hydrogens is 356 g/mol. The fraction of sp³-hybridized carbons (Fsp3) is 0.636. The summed E-state index contributed by atoms with van der Waals surface area (Å²) in [7, 11) is 1.62. The molecule has 1 saturated carbocycles. The van der Waals surface area contributed by atoms with E-state index in [2.05, 4.69) is 10.6 Å². The van der Waals surface area contributed by atoms with E-state index >= 15 is 0 Å². The lowest BCUT2D eigenvalue weighted by Gasteiger charge is -2.30. The van der Waals surface area contributed by atoms with E-state index in [1.807, 2.05) is 0 Å². The summed E-state index contributed by atoms with van der Waals surface area (Å²) in [6.45, 7) is 1.81. The van der Waals surface area contributed by atoms with Crippen molar-refractivity contribution in [1.82, 2.24) is 5.32 Å². The zero-order valence-electron chi connectivity index (χ0n) is 16.7. The molecule has 1 saturated heterocycles. The van der Waals surface area contributed by atoms with Crippen LogP contribution in [0.3, 0.4) is 0 Å². The van der Waals surface area contributed by atoms with E-state index in [0.717, 1.165) is 13.0 Å². The van der Waals surface area contributed by atoms with E-state index in [9.17, 15) is 9.59 Å². The summed E-state index contributed by atoms with van der Waals surface area (Å²) in [4.78, 5) is 24.8. The van der Waals surface area contributed by atoms with Gasteiger partial charge in [0, 0.05) is 25.8 Å². The third-order valence-electron chi connectivity index (χ3n) is 5.92. The first-order chi connectivity index (χ1) is 13.7. The van der Waals surface area contributed by atoms with Gasteiger partial charge in [0.25, 0.3) is 0 Å². The minimum atomic E-state index is -0.358. The number of rotatable bonds is 8. The Hall–Kier alpha value is -1.92. The van der Waals surface area contributed by atoms with Crippen molar-refractivity contribution in [2.24, 2.45) is 11.8 Å². The van der Waals surface area contributed by atoms with Gasteiger partial charge >= 0.3 is 5.97 Å². The van der Waals surface area contributed by atoms with Crippen molar-refractivity contribution in [1.29, 1.82) is 0 Å². The second-order valence-corrected chi connectivity index (χ2v) is 7.83. The summed E-state index contributed by atoms with van der Waals surface area (Å²) in [5.74, 6) is 0.767. The molecule has 2 aliphatic rings. The summed E-state index contributed by atoms with van der Waals surface area (Å²) >= 11 is 0. The summed E-state index contributed by atoms with van der Waals surface area (Å²) in [6.07, 6.45) is 8.16. The van der Waals surface area contributed by atoms with Crippen molar-refractivity contribution in [2.75, 3.05) is 32.2 Å². The van der Waals surface area contributed by atoms with Crippen LogP contribution in [-0.2, 0) is 14.3 Å².